The maximum Gasteiger partial charge on any atom is 0.284 e. The highest BCUT2D eigenvalue weighted by atomic mass is 79.9. The quantitative estimate of drug-likeness (QED) is 0.621. The molecule has 0 aliphatic rings. The van der Waals surface area contributed by atoms with Gasteiger partial charge < -0.3 is 14.7 Å². The molecule has 110 valence electrons. The SMILES string of the molecule is COCC(O)CN(C)C(=O)c1ccc(Br)c([N+](=O)[O-])c1. The van der Waals surface area contributed by atoms with Gasteiger partial charge in [0.05, 0.1) is 22.1 Å². The van der Waals surface area contributed by atoms with Crippen molar-refractivity contribution in [1.29, 1.82) is 0 Å². The van der Waals surface area contributed by atoms with E-state index in [0.29, 0.717) is 4.47 Å². The van der Waals surface area contributed by atoms with E-state index in [2.05, 4.69) is 15.9 Å². The largest absolute Gasteiger partial charge is 0.389 e. The van der Waals surface area contributed by atoms with Crippen LogP contribution in [0, 0.1) is 10.1 Å². The van der Waals surface area contributed by atoms with Crippen LogP contribution in [0.2, 0.25) is 0 Å². The van der Waals surface area contributed by atoms with E-state index in [1.165, 1.54) is 37.3 Å². The molecule has 1 N–H and O–H groups in total. The van der Waals surface area contributed by atoms with E-state index in [-0.39, 0.29) is 24.4 Å². The van der Waals surface area contributed by atoms with Crippen molar-refractivity contribution >= 4 is 27.5 Å². The van der Waals surface area contributed by atoms with Crippen LogP contribution >= 0.6 is 15.9 Å². The summed E-state index contributed by atoms with van der Waals surface area (Å²) in [7, 11) is 2.96. The monoisotopic (exact) mass is 346 g/mol. The lowest BCUT2D eigenvalue weighted by molar-refractivity contribution is -0.385. The van der Waals surface area contributed by atoms with Crippen LogP contribution in [0.15, 0.2) is 22.7 Å². The van der Waals surface area contributed by atoms with Crippen LogP contribution in [0.4, 0.5) is 5.69 Å². The van der Waals surface area contributed by atoms with E-state index >= 15 is 0 Å². The van der Waals surface area contributed by atoms with Crippen molar-refractivity contribution in [3.8, 4) is 0 Å². The fraction of sp³-hybridized carbons (Fsp3) is 0.417. The summed E-state index contributed by atoms with van der Waals surface area (Å²) >= 11 is 3.05. The number of nitro groups is 1. The molecule has 0 aliphatic carbocycles. The van der Waals surface area contributed by atoms with E-state index in [1.807, 2.05) is 0 Å². The maximum absolute atomic E-state index is 12.1. The van der Waals surface area contributed by atoms with Gasteiger partial charge in [0, 0.05) is 32.3 Å². The molecule has 0 bridgehead atoms. The van der Waals surface area contributed by atoms with Crippen molar-refractivity contribution in [3.63, 3.8) is 0 Å². The number of hydrogen-bond donors (Lipinski definition) is 1. The number of benzene rings is 1. The van der Waals surface area contributed by atoms with E-state index < -0.39 is 16.9 Å². The molecule has 0 fully saturated rings. The Morgan fingerprint density at radius 3 is 2.80 bits per heavy atom. The minimum absolute atomic E-state index is 0.0799. The zero-order valence-electron chi connectivity index (χ0n) is 11.1. The van der Waals surface area contributed by atoms with Crippen molar-refractivity contribution in [1.82, 2.24) is 4.90 Å². The first-order valence-corrected chi connectivity index (χ1v) is 6.52. The molecule has 0 radical (unpaired) electrons. The van der Waals surface area contributed by atoms with Crippen LogP contribution in [0.25, 0.3) is 0 Å². The molecule has 7 nitrogen and oxygen atoms in total. The van der Waals surface area contributed by atoms with Crippen LogP contribution in [0.5, 0.6) is 0 Å². The second-order valence-corrected chi connectivity index (χ2v) is 5.07. The summed E-state index contributed by atoms with van der Waals surface area (Å²) < 4.78 is 5.08. The molecule has 0 heterocycles. The summed E-state index contributed by atoms with van der Waals surface area (Å²) in [5.41, 5.74) is 0.00806. The van der Waals surface area contributed by atoms with Gasteiger partial charge in [0.1, 0.15) is 0 Å². The van der Waals surface area contributed by atoms with Gasteiger partial charge in [-0.15, -0.1) is 0 Å². The first-order valence-electron chi connectivity index (χ1n) is 5.73. The standard InChI is InChI=1S/C12H15BrN2O5/c1-14(6-9(16)7-20-2)12(17)8-3-4-10(13)11(5-8)15(18)19/h3-5,9,16H,6-7H2,1-2H3. The molecule has 1 aromatic rings. The number of aliphatic hydroxyl groups is 1. The third-order valence-corrected chi connectivity index (χ3v) is 3.25. The molecule has 0 aromatic heterocycles. The molecular weight excluding hydrogens is 332 g/mol. The molecule has 1 amide bonds. The van der Waals surface area contributed by atoms with Crippen LogP contribution in [-0.2, 0) is 4.74 Å². The number of amides is 1. The maximum atomic E-state index is 12.1. The molecule has 20 heavy (non-hydrogen) atoms. The van der Waals surface area contributed by atoms with Gasteiger partial charge in [-0.3, -0.25) is 14.9 Å². The highest BCUT2D eigenvalue weighted by Gasteiger charge is 2.19. The Labute approximate surface area is 124 Å². The van der Waals surface area contributed by atoms with Crippen LogP contribution < -0.4 is 0 Å². The Morgan fingerprint density at radius 1 is 1.60 bits per heavy atom. The molecule has 0 saturated carbocycles. The number of halogens is 1. The number of nitrogens with zero attached hydrogens (tertiary/aromatic N) is 2. The molecule has 1 aromatic carbocycles. The third-order valence-electron chi connectivity index (χ3n) is 2.58. The fourth-order valence-corrected chi connectivity index (χ4v) is 2.04. The number of ether oxygens (including phenoxy) is 1. The van der Waals surface area contributed by atoms with Gasteiger partial charge in [-0.05, 0) is 28.1 Å². The average molecular weight is 347 g/mol. The Balaban J connectivity index is 2.86. The van der Waals surface area contributed by atoms with Crippen LogP contribution in [-0.4, -0.2) is 54.3 Å². The minimum atomic E-state index is -0.806. The van der Waals surface area contributed by atoms with Crippen molar-refractivity contribution in [2.45, 2.75) is 6.10 Å². The van der Waals surface area contributed by atoms with Crippen molar-refractivity contribution in [2.24, 2.45) is 0 Å². The second-order valence-electron chi connectivity index (χ2n) is 4.22. The fourth-order valence-electron chi connectivity index (χ4n) is 1.65. The minimum Gasteiger partial charge on any atom is -0.389 e. The number of hydrogen-bond acceptors (Lipinski definition) is 5. The summed E-state index contributed by atoms with van der Waals surface area (Å²) in [4.78, 5) is 23.6. The van der Waals surface area contributed by atoms with E-state index in [9.17, 15) is 20.0 Å². The summed E-state index contributed by atoms with van der Waals surface area (Å²) in [5, 5.41) is 20.4. The lowest BCUT2D eigenvalue weighted by Crippen LogP contribution is -2.36. The van der Waals surface area contributed by atoms with E-state index in [1.54, 1.807) is 0 Å². The number of aliphatic hydroxyl groups excluding tert-OH is 1. The average Bonchev–Trinajstić information content (AvgIpc) is 2.38. The Kier molecular flexibility index (Phi) is 6.05. The molecule has 8 heteroatoms. The third kappa shape index (κ3) is 4.26. The van der Waals surface area contributed by atoms with Gasteiger partial charge in [0.25, 0.3) is 11.6 Å². The van der Waals surface area contributed by atoms with Crippen molar-refractivity contribution in [3.05, 3.63) is 38.3 Å². The van der Waals surface area contributed by atoms with Gasteiger partial charge in [-0.2, -0.15) is 0 Å². The number of rotatable bonds is 6. The van der Waals surface area contributed by atoms with E-state index in [0.717, 1.165) is 0 Å². The first kappa shape index (κ1) is 16.5. The van der Waals surface area contributed by atoms with Gasteiger partial charge in [0.15, 0.2) is 0 Å². The molecular formula is C12H15BrN2O5. The zero-order chi connectivity index (χ0) is 15.3. The van der Waals surface area contributed by atoms with Crippen molar-refractivity contribution < 1.29 is 19.6 Å². The predicted octanol–water partition coefficient (Wildman–Crippen LogP) is 1.44. The first-order chi connectivity index (χ1) is 9.36. The molecule has 1 unspecified atom stereocenters. The Hall–Kier alpha value is -1.51. The summed E-state index contributed by atoms with van der Waals surface area (Å²) in [5.74, 6) is -0.407. The number of carbonyl (C=O) groups excluding carboxylic acids is 1. The zero-order valence-corrected chi connectivity index (χ0v) is 12.7. The molecule has 0 saturated heterocycles. The van der Waals surface area contributed by atoms with E-state index in [4.69, 9.17) is 4.74 Å². The topological polar surface area (TPSA) is 92.9 Å². The van der Waals surface area contributed by atoms with Crippen LogP contribution in [0.3, 0.4) is 0 Å². The summed E-state index contributed by atoms with van der Waals surface area (Å²) in [6.07, 6.45) is -0.806. The highest BCUT2D eigenvalue weighted by molar-refractivity contribution is 9.10. The van der Waals surface area contributed by atoms with Crippen molar-refractivity contribution in [2.75, 3.05) is 27.3 Å². The van der Waals surface area contributed by atoms with Gasteiger partial charge in [0.2, 0.25) is 0 Å². The van der Waals surface area contributed by atoms with Gasteiger partial charge in [-0.25, -0.2) is 0 Å². The number of nitro benzene ring substituents is 1. The smallest absolute Gasteiger partial charge is 0.284 e. The number of methoxy groups -OCH3 is 1. The van der Waals surface area contributed by atoms with Crippen LogP contribution in [0.1, 0.15) is 10.4 Å². The Bertz CT molecular complexity index is 509. The molecule has 1 rings (SSSR count). The summed E-state index contributed by atoms with van der Waals surface area (Å²) in [6.45, 7) is 0.189. The molecule has 1 atom stereocenters. The molecule has 0 spiro atoms. The second kappa shape index (κ2) is 7.32. The van der Waals surface area contributed by atoms with Gasteiger partial charge >= 0.3 is 0 Å². The lowest BCUT2D eigenvalue weighted by Gasteiger charge is -2.20. The number of likely N-dealkylation sites (N-methyl/N-ethyl adjacent to an activating group) is 1. The highest BCUT2D eigenvalue weighted by Crippen LogP contribution is 2.26. The molecule has 0 aliphatic heterocycles. The lowest BCUT2D eigenvalue weighted by atomic mass is 10.1. The number of carbonyl (C=O) groups is 1. The predicted molar refractivity (Wildman–Crippen MR) is 75.6 cm³/mol. The Morgan fingerprint density at radius 2 is 2.25 bits per heavy atom. The van der Waals surface area contributed by atoms with Gasteiger partial charge in [-0.1, -0.05) is 0 Å². The normalized spacial score (nSPS) is 12.0. The summed E-state index contributed by atoms with van der Waals surface area (Å²) in [6, 6.07) is 4.13.